The Morgan fingerprint density at radius 3 is 2.67 bits per heavy atom. The van der Waals surface area contributed by atoms with Crippen molar-refractivity contribution in [3.8, 4) is 0 Å². The van der Waals surface area contributed by atoms with Gasteiger partial charge in [0.1, 0.15) is 6.61 Å². The molecule has 1 aliphatic heterocycles. The zero-order valence-corrected chi connectivity index (χ0v) is 12.9. The van der Waals surface area contributed by atoms with E-state index >= 15 is 0 Å². The Morgan fingerprint density at radius 1 is 1.29 bits per heavy atom. The van der Waals surface area contributed by atoms with Gasteiger partial charge in [-0.15, -0.1) is 0 Å². The number of carbonyl (C=O) groups excluding carboxylic acids is 1. The molecule has 1 saturated heterocycles. The van der Waals surface area contributed by atoms with E-state index in [-0.39, 0.29) is 12.5 Å². The number of hydrogen-bond donors (Lipinski definition) is 1. The van der Waals surface area contributed by atoms with Crippen LogP contribution in [0.15, 0.2) is 30.3 Å². The molecule has 0 bridgehead atoms. The Hall–Kier alpha value is -1.39. The molecule has 1 N–H and O–H groups in total. The number of hydrogen-bond acceptors (Lipinski definition) is 3. The number of carbonyl (C=O) groups is 1. The predicted octanol–water partition coefficient (Wildman–Crippen LogP) is 2.05. The van der Waals surface area contributed by atoms with E-state index in [0.29, 0.717) is 12.5 Å². The number of nitrogens with one attached hydrogen (secondary N) is 1. The Kier molecular flexibility index (Phi) is 6.70. The van der Waals surface area contributed by atoms with Crippen LogP contribution in [0.5, 0.6) is 0 Å². The molecule has 1 heterocycles. The lowest BCUT2D eigenvalue weighted by Crippen LogP contribution is -2.42. The first-order chi connectivity index (χ1) is 10.3. The van der Waals surface area contributed by atoms with Crippen LogP contribution in [-0.4, -0.2) is 43.6 Å². The topological polar surface area (TPSA) is 41.6 Å². The van der Waals surface area contributed by atoms with Gasteiger partial charge >= 0.3 is 0 Å². The van der Waals surface area contributed by atoms with Crippen LogP contribution in [0, 0.1) is 5.92 Å². The molecule has 0 atom stereocenters. The van der Waals surface area contributed by atoms with Crippen molar-refractivity contribution in [2.45, 2.75) is 26.4 Å². The summed E-state index contributed by atoms with van der Waals surface area (Å²) in [5, 5.41) is 3.39. The lowest BCUT2D eigenvalue weighted by atomic mass is 9.97. The van der Waals surface area contributed by atoms with Gasteiger partial charge < -0.3 is 15.0 Å². The molecular weight excluding hydrogens is 264 g/mol. The van der Waals surface area contributed by atoms with Gasteiger partial charge in [-0.05, 0) is 37.4 Å². The molecular formula is C17H26N2O2. The van der Waals surface area contributed by atoms with Crippen molar-refractivity contribution in [2.75, 3.05) is 32.8 Å². The average molecular weight is 290 g/mol. The van der Waals surface area contributed by atoms with Crippen LogP contribution in [0.25, 0.3) is 0 Å². The summed E-state index contributed by atoms with van der Waals surface area (Å²) in [6.07, 6.45) is 2.19. The summed E-state index contributed by atoms with van der Waals surface area (Å²) in [4.78, 5) is 14.0. The number of amides is 1. The van der Waals surface area contributed by atoms with Crippen LogP contribution in [0.2, 0.25) is 0 Å². The minimum atomic E-state index is 0.118. The SMILES string of the molecule is CCNCC1CCN(C(=O)COCc2ccccc2)CC1. The molecule has 0 unspecified atom stereocenters. The highest BCUT2D eigenvalue weighted by Crippen LogP contribution is 2.16. The first-order valence-corrected chi connectivity index (χ1v) is 7.89. The van der Waals surface area contributed by atoms with Crippen LogP contribution in [0.3, 0.4) is 0 Å². The van der Waals surface area contributed by atoms with Gasteiger partial charge in [-0.2, -0.15) is 0 Å². The number of rotatable bonds is 7. The van der Waals surface area contributed by atoms with Crippen molar-refractivity contribution in [3.63, 3.8) is 0 Å². The van der Waals surface area contributed by atoms with Crippen molar-refractivity contribution in [2.24, 2.45) is 5.92 Å². The molecule has 0 saturated carbocycles. The molecule has 0 aromatic heterocycles. The van der Waals surface area contributed by atoms with Gasteiger partial charge in [0, 0.05) is 13.1 Å². The molecule has 1 fully saturated rings. The van der Waals surface area contributed by atoms with Crippen LogP contribution in [0.1, 0.15) is 25.3 Å². The van der Waals surface area contributed by atoms with Crippen molar-refractivity contribution < 1.29 is 9.53 Å². The van der Waals surface area contributed by atoms with Gasteiger partial charge in [-0.1, -0.05) is 37.3 Å². The molecule has 4 nitrogen and oxygen atoms in total. The Labute approximate surface area is 127 Å². The number of ether oxygens (including phenoxy) is 1. The molecule has 0 aliphatic carbocycles. The second-order valence-corrected chi connectivity index (χ2v) is 5.61. The van der Waals surface area contributed by atoms with E-state index in [1.54, 1.807) is 0 Å². The van der Waals surface area contributed by atoms with Crippen LogP contribution < -0.4 is 5.32 Å². The van der Waals surface area contributed by atoms with Crippen molar-refractivity contribution in [1.82, 2.24) is 10.2 Å². The van der Waals surface area contributed by atoms with Crippen molar-refractivity contribution in [3.05, 3.63) is 35.9 Å². The lowest BCUT2D eigenvalue weighted by molar-refractivity contribution is -0.137. The normalized spacial score (nSPS) is 16.1. The summed E-state index contributed by atoms with van der Waals surface area (Å²) < 4.78 is 5.52. The standard InChI is InChI=1S/C17H26N2O2/c1-2-18-12-15-8-10-19(11-9-15)17(20)14-21-13-16-6-4-3-5-7-16/h3-7,15,18H,2,8-14H2,1H3. The monoisotopic (exact) mass is 290 g/mol. The molecule has 0 spiro atoms. The molecule has 116 valence electrons. The van der Waals surface area contributed by atoms with Gasteiger partial charge in [-0.3, -0.25) is 4.79 Å². The number of likely N-dealkylation sites (tertiary alicyclic amines) is 1. The predicted molar refractivity (Wildman–Crippen MR) is 83.9 cm³/mol. The molecule has 1 amide bonds. The van der Waals surface area contributed by atoms with Crippen LogP contribution >= 0.6 is 0 Å². The first kappa shape index (κ1) is 16.0. The van der Waals surface area contributed by atoms with E-state index in [4.69, 9.17) is 4.74 Å². The first-order valence-electron chi connectivity index (χ1n) is 7.89. The van der Waals surface area contributed by atoms with E-state index in [1.807, 2.05) is 35.2 Å². The maximum absolute atomic E-state index is 12.1. The quantitative estimate of drug-likeness (QED) is 0.835. The van der Waals surface area contributed by atoms with Gasteiger partial charge in [0.25, 0.3) is 0 Å². The lowest BCUT2D eigenvalue weighted by Gasteiger charge is -2.32. The largest absolute Gasteiger partial charge is 0.367 e. The fraction of sp³-hybridized carbons (Fsp3) is 0.588. The summed E-state index contributed by atoms with van der Waals surface area (Å²) in [5.74, 6) is 0.826. The van der Waals surface area contributed by atoms with Crippen molar-refractivity contribution >= 4 is 5.91 Å². The molecule has 21 heavy (non-hydrogen) atoms. The van der Waals surface area contributed by atoms with E-state index < -0.39 is 0 Å². The van der Waals surface area contributed by atoms with Crippen LogP contribution in [0.4, 0.5) is 0 Å². The third-order valence-electron chi connectivity index (χ3n) is 3.99. The average Bonchev–Trinajstić information content (AvgIpc) is 2.54. The van der Waals surface area contributed by atoms with E-state index in [9.17, 15) is 4.79 Å². The molecule has 1 aromatic rings. The van der Waals surface area contributed by atoms with Gasteiger partial charge in [-0.25, -0.2) is 0 Å². The van der Waals surface area contributed by atoms with Gasteiger partial charge in [0.15, 0.2) is 0 Å². The molecule has 2 rings (SSSR count). The third-order valence-corrected chi connectivity index (χ3v) is 3.99. The molecule has 1 aliphatic rings. The van der Waals surface area contributed by atoms with Crippen LogP contribution in [-0.2, 0) is 16.1 Å². The molecule has 4 heteroatoms. The fourth-order valence-corrected chi connectivity index (χ4v) is 2.66. The van der Waals surface area contributed by atoms with Crippen molar-refractivity contribution in [1.29, 1.82) is 0 Å². The van der Waals surface area contributed by atoms with Gasteiger partial charge in [0.05, 0.1) is 6.61 Å². The van der Waals surface area contributed by atoms with E-state index in [2.05, 4.69) is 12.2 Å². The smallest absolute Gasteiger partial charge is 0.248 e. The molecule has 1 aromatic carbocycles. The summed E-state index contributed by atoms with van der Waals surface area (Å²) >= 11 is 0. The number of nitrogens with zero attached hydrogens (tertiary/aromatic N) is 1. The minimum Gasteiger partial charge on any atom is -0.367 e. The summed E-state index contributed by atoms with van der Waals surface area (Å²) in [5.41, 5.74) is 1.11. The fourth-order valence-electron chi connectivity index (χ4n) is 2.66. The highest BCUT2D eigenvalue weighted by molar-refractivity contribution is 5.77. The zero-order chi connectivity index (χ0) is 14.9. The minimum absolute atomic E-state index is 0.118. The zero-order valence-electron chi connectivity index (χ0n) is 12.9. The maximum Gasteiger partial charge on any atom is 0.248 e. The highest BCUT2D eigenvalue weighted by Gasteiger charge is 2.22. The summed E-state index contributed by atoms with van der Waals surface area (Å²) in [7, 11) is 0. The summed E-state index contributed by atoms with van der Waals surface area (Å²) in [6, 6.07) is 9.96. The highest BCUT2D eigenvalue weighted by atomic mass is 16.5. The summed E-state index contributed by atoms with van der Waals surface area (Å²) in [6.45, 7) is 6.64. The third kappa shape index (κ3) is 5.48. The van der Waals surface area contributed by atoms with E-state index in [0.717, 1.165) is 44.6 Å². The second-order valence-electron chi connectivity index (χ2n) is 5.61. The Morgan fingerprint density at radius 2 is 2.00 bits per heavy atom. The molecule has 0 radical (unpaired) electrons. The maximum atomic E-state index is 12.1. The number of benzene rings is 1. The Bertz CT molecular complexity index is 414. The van der Waals surface area contributed by atoms with E-state index in [1.165, 1.54) is 0 Å². The second kappa shape index (κ2) is 8.80. The Balaban J connectivity index is 1.63. The number of piperidine rings is 1. The van der Waals surface area contributed by atoms with Gasteiger partial charge in [0.2, 0.25) is 5.91 Å².